The molecule has 1 aromatic carbocycles. The zero-order valence-electron chi connectivity index (χ0n) is 20.2. The van der Waals surface area contributed by atoms with E-state index in [-0.39, 0.29) is 11.5 Å². The molecule has 30 heavy (non-hydrogen) atoms. The predicted molar refractivity (Wildman–Crippen MR) is 127 cm³/mol. The fourth-order valence-corrected chi connectivity index (χ4v) is 5.93. The highest BCUT2D eigenvalue weighted by Crippen LogP contribution is 2.42. The van der Waals surface area contributed by atoms with Crippen molar-refractivity contribution in [3.05, 3.63) is 35.4 Å². The molecule has 0 aliphatic carbocycles. The molecule has 2 unspecified atom stereocenters. The first-order valence-electron chi connectivity index (χ1n) is 11.3. The Balaban J connectivity index is 3.82. The van der Waals surface area contributed by atoms with Gasteiger partial charge in [0.1, 0.15) is 0 Å². The quantitative estimate of drug-likeness (QED) is 0.277. The highest BCUT2D eigenvalue weighted by Gasteiger charge is 2.49. The second-order valence-corrected chi connectivity index (χ2v) is 8.91. The van der Waals surface area contributed by atoms with Gasteiger partial charge < -0.3 is 28.4 Å². The average Bonchev–Trinajstić information content (AvgIpc) is 2.73. The molecule has 0 N–H and O–H groups in total. The average molecular weight is 459 g/mol. The first-order valence-corrected chi connectivity index (χ1v) is 13.6. The van der Waals surface area contributed by atoms with Crippen molar-refractivity contribution in [3.63, 3.8) is 0 Å². The standard InChI is InChI=1S/C22H42O6Si2/c1-7-23-19(29)21(25-9-3,26-10-4)17-15-13-14-16-18(17)22(27-11-5,28-12-6)20(30)24-8-2/h13-16,19-20H,7-12H2,1-6,29-30H3. The molecule has 0 heterocycles. The fraction of sp³-hybridized carbons (Fsp3) is 0.727. The number of ether oxygens (including phenoxy) is 6. The molecular weight excluding hydrogens is 416 g/mol. The van der Waals surface area contributed by atoms with Crippen molar-refractivity contribution in [1.82, 2.24) is 0 Å². The smallest absolute Gasteiger partial charge is 0.218 e. The maximum atomic E-state index is 6.35. The SMILES string of the molecule is CCOC([SiH3])C(OCC)(OCC)c1ccccc1C(OCC)(OCC)C([SiH3])OCC. The van der Waals surface area contributed by atoms with E-state index in [2.05, 4.69) is 0 Å². The maximum Gasteiger partial charge on any atom is 0.218 e. The summed E-state index contributed by atoms with van der Waals surface area (Å²) in [5.74, 6) is -2.06. The zero-order chi connectivity index (χ0) is 22.6. The summed E-state index contributed by atoms with van der Waals surface area (Å²) < 4.78 is 37.5. The van der Waals surface area contributed by atoms with Gasteiger partial charge in [0, 0.05) is 71.3 Å². The molecule has 0 amide bonds. The van der Waals surface area contributed by atoms with Crippen LogP contribution in [0.3, 0.4) is 0 Å². The highest BCUT2D eigenvalue weighted by atomic mass is 28.1. The number of hydrogen-bond donors (Lipinski definition) is 0. The van der Waals surface area contributed by atoms with Crippen LogP contribution >= 0.6 is 0 Å². The van der Waals surface area contributed by atoms with Crippen LogP contribution in [0.25, 0.3) is 0 Å². The fourth-order valence-electron chi connectivity index (χ4n) is 3.97. The molecule has 2 atom stereocenters. The molecule has 6 nitrogen and oxygen atoms in total. The third-order valence-electron chi connectivity index (χ3n) is 5.02. The predicted octanol–water partition coefficient (Wildman–Crippen LogP) is 1.59. The van der Waals surface area contributed by atoms with Crippen LogP contribution in [0.15, 0.2) is 24.3 Å². The van der Waals surface area contributed by atoms with Gasteiger partial charge in [-0.05, 0) is 41.5 Å². The Labute approximate surface area is 188 Å². The van der Waals surface area contributed by atoms with Crippen LogP contribution in [-0.2, 0) is 40.0 Å². The van der Waals surface area contributed by atoms with E-state index >= 15 is 0 Å². The Bertz CT molecular complexity index is 538. The monoisotopic (exact) mass is 458 g/mol. The summed E-state index contributed by atoms with van der Waals surface area (Å²) in [5, 5.41) is 0. The Morgan fingerprint density at radius 3 is 1.13 bits per heavy atom. The van der Waals surface area contributed by atoms with E-state index in [9.17, 15) is 0 Å². The molecule has 0 saturated heterocycles. The Hall–Kier alpha value is -0.586. The second-order valence-electron chi connectivity index (χ2n) is 6.81. The van der Waals surface area contributed by atoms with Gasteiger partial charge >= 0.3 is 0 Å². The number of rotatable bonds is 16. The minimum Gasteiger partial charge on any atom is -0.377 e. The van der Waals surface area contributed by atoms with E-state index in [1.165, 1.54) is 0 Å². The molecule has 0 bridgehead atoms. The Morgan fingerprint density at radius 2 is 0.900 bits per heavy atom. The largest absolute Gasteiger partial charge is 0.377 e. The lowest BCUT2D eigenvalue weighted by Gasteiger charge is -2.44. The number of benzene rings is 1. The van der Waals surface area contributed by atoms with Crippen LogP contribution in [0.4, 0.5) is 0 Å². The normalized spacial score (nSPS) is 14.9. The van der Waals surface area contributed by atoms with Crippen molar-refractivity contribution in [2.75, 3.05) is 39.6 Å². The van der Waals surface area contributed by atoms with Gasteiger partial charge in [-0.15, -0.1) is 0 Å². The van der Waals surface area contributed by atoms with Crippen molar-refractivity contribution in [2.24, 2.45) is 0 Å². The molecule has 0 aromatic heterocycles. The van der Waals surface area contributed by atoms with Crippen LogP contribution in [0.5, 0.6) is 0 Å². The molecule has 0 fully saturated rings. The molecule has 1 rings (SSSR count). The molecular formula is C22H42O6Si2. The van der Waals surface area contributed by atoms with E-state index < -0.39 is 11.6 Å². The van der Waals surface area contributed by atoms with Gasteiger partial charge in [-0.1, -0.05) is 24.3 Å². The molecule has 8 heteroatoms. The van der Waals surface area contributed by atoms with E-state index in [0.717, 1.165) is 31.6 Å². The lowest BCUT2D eigenvalue weighted by atomic mass is 9.92. The Kier molecular flexibility index (Phi) is 12.6. The third-order valence-corrected chi connectivity index (χ3v) is 7.20. The Morgan fingerprint density at radius 1 is 0.600 bits per heavy atom. The molecule has 174 valence electrons. The summed E-state index contributed by atoms with van der Waals surface area (Å²) in [6.07, 6.45) is 0. The lowest BCUT2D eigenvalue weighted by molar-refractivity contribution is -0.295. The van der Waals surface area contributed by atoms with E-state index in [1.54, 1.807) is 0 Å². The van der Waals surface area contributed by atoms with Gasteiger partial charge in [0.05, 0.1) is 11.5 Å². The summed E-state index contributed by atoms with van der Waals surface area (Å²) in [6, 6.07) is 8.07. The van der Waals surface area contributed by atoms with E-state index in [1.807, 2.05) is 65.8 Å². The second kappa shape index (κ2) is 13.7. The molecule has 1 aromatic rings. The lowest BCUT2D eigenvalue weighted by Crippen LogP contribution is -2.52. The molecule has 0 aliphatic heterocycles. The minimum absolute atomic E-state index is 0.204. The topological polar surface area (TPSA) is 55.4 Å². The van der Waals surface area contributed by atoms with Gasteiger partial charge in [-0.25, -0.2) is 0 Å². The first-order chi connectivity index (χ1) is 14.4. The summed E-state index contributed by atoms with van der Waals surface area (Å²) in [6.45, 7) is 15.0. The third kappa shape index (κ3) is 6.01. The van der Waals surface area contributed by atoms with Crippen LogP contribution in [-0.4, -0.2) is 71.6 Å². The van der Waals surface area contributed by atoms with Crippen molar-refractivity contribution in [1.29, 1.82) is 0 Å². The van der Waals surface area contributed by atoms with Crippen molar-refractivity contribution >= 4 is 20.5 Å². The van der Waals surface area contributed by atoms with Gasteiger partial charge in [0.25, 0.3) is 0 Å². The minimum atomic E-state index is -1.03. The van der Waals surface area contributed by atoms with Gasteiger partial charge in [-0.2, -0.15) is 0 Å². The maximum absolute atomic E-state index is 6.35. The van der Waals surface area contributed by atoms with Crippen molar-refractivity contribution < 1.29 is 28.4 Å². The first kappa shape index (κ1) is 27.4. The summed E-state index contributed by atoms with van der Waals surface area (Å²) in [7, 11) is 1.46. The molecule has 0 saturated carbocycles. The van der Waals surface area contributed by atoms with Gasteiger partial charge in [-0.3, -0.25) is 0 Å². The molecule has 0 spiro atoms. The number of hydrogen-bond acceptors (Lipinski definition) is 6. The van der Waals surface area contributed by atoms with E-state index in [4.69, 9.17) is 28.4 Å². The van der Waals surface area contributed by atoms with Crippen LogP contribution < -0.4 is 0 Å². The highest BCUT2D eigenvalue weighted by molar-refractivity contribution is 6.12. The van der Waals surface area contributed by atoms with Gasteiger partial charge in [0.15, 0.2) is 0 Å². The van der Waals surface area contributed by atoms with E-state index in [0.29, 0.717) is 39.6 Å². The van der Waals surface area contributed by atoms with Crippen LogP contribution in [0.1, 0.15) is 52.7 Å². The molecule has 0 aliphatic rings. The summed E-state index contributed by atoms with van der Waals surface area (Å²) in [5.41, 5.74) is 1.35. The van der Waals surface area contributed by atoms with Crippen molar-refractivity contribution in [3.8, 4) is 0 Å². The van der Waals surface area contributed by atoms with Crippen LogP contribution in [0, 0.1) is 0 Å². The van der Waals surface area contributed by atoms with Gasteiger partial charge in [0.2, 0.25) is 11.6 Å². The molecule has 0 radical (unpaired) electrons. The van der Waals surface area contributed by atoms with Crippen LogP contribution in [0.2, 0.25) is 0 Å². The summed E-state index contributed by atoms with van der Waals surface area (Å²) in [4.78, 5) is 0. The van der Waals surface area contributed by atoms with Crippen molar-refractivity contribution in [2.45, 2.75) is 64.6 Å². The zero-order valence-corrected chi connectivity index (χ0v) is 24.2. The summed E-state index contributed by atoms with van der Waals surface area (Å²) >= 11 is 0.